The summed E-state index contributed by atoms with van der Waals surface area (Å²) in [5.74, 6) is 1.02. The van der Waals surface area contributed by atoms with Gasteiger partial charge in [-0.15, -0.1) is 0 Å². The van der Waals surface area contributed by atoms with Crippen molar-refractivity contribution >= 4 is 22.8 Å². The van der Waals surface area contributed by atoms with E-state index in [1.807, 2.05) is 6.07 Å². The minimum Gasteiger partial charge on any atom is -0.439 e. The zero-order valence-corrected chi connectivity index (χ0v) is 11.2. The molecular weight excluding hydrogens is 276 g/mol. The Kier molecular flexibility index (Phi) is 3.45. The summed E-state index contributed by atoms with van der Waals surface area (Å²) in [4.78, 5) is 12.6. The number of hydrogen-bond donors (Lipinski definition) is 1. The Morgan fingerprint density at radius 3 is 2.80 bits per heavy atom. The molecule has 0 spiro atoms. The van der Waals surface area contributed by atoms with Crippen LogP contribution in [0.1, 0.15) is 5.56 Å². The van der Waals surface area contributed by atoms with Crippen molar-refractivity contribution in [2.45, 2.75) is 6.54 Å². The molecule has 5 nitrogen and oxygen atoms in total. The van der Waals surface area contributed by atoms with Crippen LogP contribution in [0, 0.1) is 0 Å². The molecule has 3 rings (SSSR count). The molecule has 0 saturated carbocycles. The molecule has 0 saturated heterocycles. The number of nitrogens with two attached hydrogens (primary N) is 1. The van der Waals surface area contributed by atoms with Crippen LogP contribution in [0.4, 0.5) is 0 Å². The fourth-order valence-corrected chi connectivity index (χ4v) is 1.96. The van der Waals surface area contributed by atoms with E-state index in [9.17, 15) is 0 Å². The lowest BCUT2D eigenvalue weighted by molar-refractivity contribution is 0.459. The second-order valence-electron chi connectivity index (χ2n) is 4.11. The zero-order valence-electron chi connectivity index (χ0n) is 10.5. The highest BCUT2D eigenvalue weighted by Crippen LogP contribution is 2.27. The monoisotopic (exact) mass is 286 g/mol. The Morgan fingerprint density at radius 2 is 1.95 bits per heavy atom. The van der Waals surface area contributed by atoms with Crippen LogP contribution in [0.2, 0.25) is 5.02 Å². The Bertz CT molecular complexity index is 763. The van der Waals surface area contributed by atoms with E-state index in [0.717, 1.165) is 5.56 Å². The largest absolute Gasteiger partial charge is 0.439 e. The van der Waals surface area contributed by atoms with Gasteiger partial charge in [0.1, 0.15) is 11.3 Å². The van der Waals surface area contributed by atoms with Gasteiger partial charge in [-0.1, -0.05) is 17.7 Å². The number of hydrogen-bond acceptors (Lipinski definition) is 5. The first-order chi connectivity index (χ1) is 9.76. The second-order valence-corrected chi connectivity index (χ2v) is 4.54. The van der Waals surface area contributed by atoms with Crippen molar-refractivity contribution in [3.05, 3.63) is 53.3 Å². The van der Waals surface area contributed by atoms with Crippen LogP contribution in [0.5, 0.6) is 11.6 Å². The van der Waals surface area contributed by atoms with E-state index in [1.165, 1.54) is 0 Å². The van der Waals surface area contributed by atoms with Gasteiger partial charge in [0.15, 0.2) is 5.65 Å². The number of rotatable bonds is 3. The molecule has 2 N–H and O–H groups in total. The highest BCUT2D eigenvalue weighted by Gasteiger charge is 2.07. The molecule has 0 atom stereocenters. The summed E-state index contributed by atoms with van der Waals surface area (Å²) < 4.78 is 5.75. The van der Waals surface area contributed by atoms with Crippen LogP contribution in [-0.2, 0) is 6.54 Å². The molecular formula is C14H11ClN4O. The van der Waals surface area contributed by atoms with Crippen molar-refractivity contribution in [3.8, 4) is 11.6 Å². The van der Waals surface area contributed by atoms with Gasteiger partial charge in [0.2, 0.25) is 5.88 Å². The van der Waals surface area contributed by atoms with Gasteiger partial charge in [-0.25, -0.2) is 4.98 Å². The summed E-state index contributed by atoms with van der Waals surface area (Å²) >= 11 is 5.97. The minimum atomic E-state index is 0.361. The predicted molar refractivity (Wildman–Crippen MR) is 76.8 cm³/mol. The number of fused-ring (bicyclic) bond motifs is 1. The first-order valence-corrected chi connectivity index (χ1v) is 6.38. The third kappa shape index (κ3) is 2.54. The molecule has 0 amide bonds. The van der Waals surface area contributed by atoms with Gasteiger partial charge < -0.3 is 10.5 Å². The summed E-state index contributed by atoms with van der Waals surface area (Å²) in [5.41, 5.74) is 7.78. The molecule has 3 aromatic rings. The molecule has 0 aliphatic rings. The lowest BCUT2D eigenvalue weighted by atomic mass is 10.2. The average molecular weight is 287 g/mol. The van der Waals surface area contributed by atoms with E-state index in [0.29, 0.717) is 34.4 Å². The van der Waals surface area contributed by atoms with E-state index >= 15 is 0 Å². The van der Waals surface area contributed by atoms with E-state index in [4.69, 9.17) is 22.1 Å². The van der Waals surface area contributed by atoms with E-state index in [1.54, 1.807) is 36.7 Å². The topological polar surface area (TPSA) is 73.9 Å². The van der Waals surface area contributed by atoms with Crippen molar-refractivity contribution in [1.82, 2.24) is 15.0 Å². The van der Waals surface area contributed by atoms with Crippen LogP contribution < -0.4 is 10.5 Å². The van der Waals surface area contributed by atoms with Crippen LogP contribution in [0.15, 0.2) is 42.7 Å². The SMILES string of the molecule is NCc1ccc(Cl)cc1Oc1ccc2nccnc2n1. The van der Waals surface area contributed by atoms with Crippen LogP contribution >= 0.6 is 11.6 Å². The van der Waals surface area contributed by atoms with Gasteiger partial charge in [0, 0.05) is 35.6 Å². The van der Waals surface area contributed by atoms with E-state index < -0.39 is 0 Å². The Labute approximate surface area is 120 Å². The third-order valence-corrected chi connectivity index (χ3v) is 3.00. The molecule has 0 radical (unpaired) electrons. The minimum absolute atomic E-state index is 0.361. The van der Waals surface area contributed by atoms with E-state index in [-0.39, 0.29) is 0 Å². The first kappa shape index (κ1) is 12.8. The maximum Gasteiger partial charge on any atom is 0.221 e. The molecule has 0 aliphatic carbocycles. The van der Waals surface area contributed by atoms with Crippen molar-refractivity contribution in [1.29, 1.82) is 0 Å². The lowest BCUT2D eigenvalue weighted by Gasteiger charge is -2.09. The van der Waals surface area contributed by atoms with Gasteiger partial charge in [-0.2, -0.15) is 4.98 Å². The first-order valence-electron chi connectivity index (χ1n) is 6.00. The van der Waals surface area contributed by atoms with Gasteiger partial charge in [0.05, 0.1) is 0 Å². The van der Waals surface area contributed by atoms with Gasteiger partial charge in [0.25, 0.3) is 0 Å². The predicted octanol–water partition coefficient (Wildman–Crippen LogP) is 2.93. The number of benzene rings is 1. The molecule has 100 valence electrons. The molecule has 0 bridgehead atoms. The van der Waals surface area contributed by atoms with Gasteiger partial charge in [-0.05, 0) is 18.2 Å². The summed E-state index contributed by atoms with van der Waals surface area (Å²) in [7, 11) is 0. The standard InChI is InChI=1S/C14H11ClN4O/c15-10-2-1-9(8-16)12(7-10)20-13-4-3-11-14(19-13)18-6-5-17-11/h1-7H,8,16H2. The molecule has 1 aromatic carbocycles. The summed E-state index contributed by atoms with van der Waals surface area (Å²) in [6.45, 7) is 0.361. The van der Waals surface area contributed by atoms with Crippen molar-refractivity contribution < 1.29 is 4.74 Å². The zero-order chi connectivity index (χ0) is 13.9. The second kappa shape index (κ2) is 5.40. The van der Waals surface area contributed by atoms with Crippen molar-refractivity contribution in [3.63, 3.8) is 0 Å². The molecule has 0 aliphatic heterocycles. The fraction of sp³-hybridized carbons (Fsp3) is 0.0714. The van der Waals surface area contributed by atoms with Crippen LogP contribution in [-0.4, -0.2) is 15.0 Å². The third-order valence-electron chi connectivity index (χ3n) is 2.77. The van der Waals surface area contributed by atoms with Gasteiger partial charge in [-0.3, -0.25) is 4.98 Å². The Balaban J connectivity index is 1.98. The Morgan fingerprint density at radius 1 is 1.10 bits per heavy atom. The Hall–Kier alpha value is -2.24. The fourth-order valence-electron chi connectivity index (χ4n) is 1.80. The molecule has 6 heteroatoms. The maximum absolute atomic E-state index is 5.97. The summed E-state index contributed by atoms with van der Waals surface area (Å²) in [6.07, 6.45) is 3.21. The van der Waals surface area contributed by atoms with Crippen LogP contribution in [0.3, 0.4) is 0 Å². The smallest absolute Gasteiger partial charge is 0.221 e. The van der Waals surface area contributed by atoms with Crippen LogP contribution in [0.25, 0.3) is 11.2 Å². The molecule has 0 fully saturated rings. The number of halogens is 1. The average Bonchev–Trinajstić information content (AvgIpc) is 2.47. The highest BCUT2D eigenvalue weighted by atomic mass is 35.5. The number of aromatic nitrogens is 3. The van der Waals surface area contributed by atoms with Crippen molar-refractivity contribution in [2.24, 2.45) is 5.73 Å². The quantitative estimate of drug-likeness (QED) is 0.801. The molecule has 20 heavy (non-hydrogen) atoms. The van der Waals surface area contributed by atoms with E-state index in [2.05, 4.69) is 15.0 Å². The summed E-state index contributed by atoms with van der Waals surface area (Å²) in [6, 6.07) is 8.86. The number of ether oxygens (including phenoxy) is 1. The maximum atomic E-state index is 5.97. The number of pyridine rings is 1. The van der Waals surface area contributed by atoms with Crippen molar-refractivity contribution in [2.75, 3.05) is 0 Å². The number of nitrogens with zero attached hydrogens (tertiary/aromatic N) is 3. The highest BCUT2D eigenvalue weighted by molar-refractivity contribution is 6.30. The van der Waals surface area contributed by atoms with Gasteiger partial charge >= 0.3 is 0 Å². The molecule has 2 aromatic heterocycles. The summed E-state index contributed by atoms with van der Waals surface area (Å²) in [5, 5.41) is 0.581. The normalized spacial score (nSPS) is 10.7. The molecule has 2 heterocycles. The molecule has 0 unspecified atom stereocenters. The lowest BCUT2D eigenvalue weighted by Crippen LogP contribution is -2.00.